The Kier molecular flexibility index (Phi) is 8.43. The Morgan fingerprint density at radius 3 is 2.64 bits per heavy atom. The molecule has 1 aromatic heterocycles. The minimum atomic E-state index is -0.256. The normalized spacial score (nSPS) is 14.7. The molecule has 0 bridgehead atoms. The van der Waals surface area contributed by atoms with Gasteiger partial charge in [-0.15, -0.1) is 10.2 Å². The SMILES string of the molecule is COCC(=O)N(CC(=O)N1CCCN(c2ccc(-c3ccccc3Cl)nn2)CC1)Cc1ccc2c(c1)OCO2. The van der Waals surface area contributed by atoms with Gasteiger partial charge in [-0.3, -0.25) is 9.59 Å². The minimum Gasteiger partial charge on any atom is -0.454 e. The minimum absolute atomic E-state index is 0.0387. The number of hydrogen-bond acceptors (Lipinski definition) is 8. The smallest absolute Gasteiger partial charge is 0.249 e. The highest BCUT2D eigenvalue weighted by Crippen LogP contribution is 2.33. The summed E-state index contributed by atoms with van der Waals surface area (Å²) in [7, 11) is 1.46. The Hall–Kier alpha value is -3.89. The third kappa shape index (κ3) is 6.40. The van der Waals surface area contributed by atoms with Crippen LogP contribution >= 0.6 is 11.6 Å². The van der Waals surface area contributed by atoms with Crippen LogP contribution in [0.5, 0.6) is 11.5 Å². The second-order valence-corrected chi connectivity index (χ2v) is 9.76. The summed E-state index contributed by atoms with van der Waals surface area (Å²) in [6.07, 6.45) is 0.772. The predicted molar refractivity (Wildman–Crippen MR) is 146 cm³/mol. The lowest BCUT2D eigenvalue weighted by Gasteiger charge is -2.27. The van der Waals surface area contributed by atoms with Crippen molar-refractivity contribution in [3.63, 3.8) is 0 Å². The van der Waals surface area contributed by atoms with E-state index in [0.717, 1.165) is 29.9 Å². The highest BCUT2D eigenvalue weighted by Gasteiger charge is 2.25. The summed E-state index contributed by atoms with van der Waals surface area (Å²) in [6, 6.07) is 16.9. The van der Waals surface area contributed by atoms with Gasteiger partial charge in [-0.05, 0) is 42.3 Å². The van der Waals surface area contributed by atoms with E-state index in [-0.39, 0.29) is 38.3 Å². The van der Waals surface area contributed by atoms with Crippen LogP contribution < -0.4 is 14.4 Å². The topological polar surface area (TPSA) is 97.3 Å². The zero-order chi connectivity index (χ0) is 27.2. The first-order valence-corrected chi connectivity index (χ1v) is 13.2. The quantitative estimate of drug-likeness (QED) is 0.421. The number of halogens is 1. The number of nitrogens with zero attached hydrogens (tertiary/aromatic N) is 5. The fourth-order valence-corrected chi connectivity index (χ4v) is 4.90. The number of rotatable bonds is 8. The molecule has 10 nitrogen and oxygen atoms in total. The molecule has 1 fully saturated rings. The van der Waals surface area contributed by atoms with Crippen LogP contribution in [-0.2, 0) is 20.9 Å². The molecule has 0 N–H and O–H groups in total. The molecule has 0 radical (unpaired) electrons. The van der Waals surface area contributed by atoms with Gasteiger partial charge >= 0.3 is 0 Å². The van der Waals surface area contributed by atoms with Crippen molar-refractivity contribution in [1.82, 2.24) is 20.0 Å². The molecule has 5 rings (SSSR count). The molecule has 2 aliphatic heterocycles. The molecular formula is C28H30ClN5O5. The summed E-state index contributed by atoms with van der Waals surface area (Å²) in [5.74, 6) is 1.69. The standard InChI is InChI=1S/C28H30ClN5O5/c1-37-18-28(36)34(16-20-7-9-24-25(15-20)39-19-38-24)17-27(35)33-12-4-11-32(13-14-33)26-10-8-23(30-31-26)21-5-2-3-6-22(21)29/h2-3,5-10,15H,4,11-14,16-19H2,1H3. The lowest BCUT2D eigenvalue weighted by atomic mass is 10.1. The molecule has 204 valence electrons. The van der Waals surface area contributed by atoms with Crippen molar-refractivity contribution in [3.05, 3.63) is 65.2 Å². The van der Waals surface area contributed by atoms with Crippen molar-refractivity contribution in [2.45, 2.75) is 13.0 Å². The summed E-state index contributed by atoms with van der Waals surface area (Å²) in [4.78, 5) is 31.6. The van der Waals surface area contributed by atoms with E-state index >= 15 is 0 Å². The van der Waals surface area contributed by atoms with Crippen LogP contribution in [0.2, 0.25) is 5.02 Å². The van der Waals surface area contributed by atoms with Crippen molar-refractivity contribution in [2.75, 3.05) is 58.1 Å². The summed E-state index contributed by atoms with van der Waals surface area (Å²) < 4.78 is 15.9. The molecule has 2 aromatic carbocycles. The Morgan fingerprint density at radius 1 is 1.00 bits per heavy atom. The van der Waals surface area contributed by atoms with Crippen LogP contribution in [0, 0.1) is 0 Å². The third-order valence-corrected chi connectivity index (χ3v) is 7.06. The van der Waals surface area contributed by atoms with Gasteiger partial charge in [0.1, 0.15) is 13.2 Å². The summed E-state index contributed by atoms with van der Waals surface area (Å²) in [6.45, 7) is 2.76. The van der Waals surface area contributed by atoms with Crippen molar-refractivity contribution in [3.8, 4) is 22.8 Å². The number of methoxy groups -OCH3 is 1. The molecule has 3 aromatic rings. The van der Waals surface area contributed by atoms with E-state index in [4.69, 9.17) is 25.8 Å². The van der Waals surface area contributed by atoms with Crippen LogP contribution in [0.3, 0.4) is 0 Å². The average Bonchev–Trinajstić information content (AvgIpc) is 3.27. The highest BCUT2D eigenvalue weighted by atomic mass is 35.5. The molecule has 0 aliphatic carbocycles. The maximum Gasteiger partial charge on any atom is 0.249 e. The maximum absolute atomic E-state index is 13.3. The number of fused-ring (bicyclic) bond motifs is 1. The Morgan fingerprint density at radius 2 is 1.85 bits per heavy atom. The third-order valence-electron chi connectivity index (χ3n) is 6.73. The summed E-state index contributed by atoms with van der Waals surface area (Å²) >= 11 is 6.30. The number of amides is 2. The number of benzene rings is 2. The Bertz CT molecular complexity index is 1320. The molecular weight excluding hydrogens is 522 g/mol. The molecule has 2 amide bonds. The van der Waals surface area contributed by atoms with E-state index in [1.807, 2.05) is 54.6 Å². The first-order valence-electron chi connectivity index (χ1n) is 12.8. The number of ether oxygens (including phenoxy) is 3. The molecule has 39 heavy (non-hydrogen) atoms. The van der Waals surface area contributed by atoms with E-state index in [0.29, 0.717) is 41.8 Å². The van der Waals surface area contributed by atoms with Crippen LogP contribution in [-0.4, -0.2) is 85.0 Å². The van der Waals surface area contributed by atoms with Gasteiger partial charge < -0.3 is 28.9 Å². The molecule has 2 aliphatic rings. The van der Waals surface area contributed by atoms with Gasteiger partial charge in [0, 0.05) is 45.4 Å². The molecule has 0 saturated carbocycles. The van der Waals surface area contributed by atoms with Crippen molar-refractivity contribution in [2.24, 2.45) is 0 Å². The van der Waals surface area contributed by atoms with Gasteiger partial charge in [0.2, 0.25) is 18.6 Å². The van der Waals surface area contributed by atoms with Crippen molar-refractivity contribution >= 4 is 29.2 Å². The lowest BCUT2D eigenvalue weighted by Crippen LogP contribution is -2.44. The molecule has 0 atom stereocenters. The van der Waals surface area contributed by atoms with Crippen LogP contribution in [0.25, 0.3) is 11.3 Å². The van der Waals surface area contributed by atoms with Crippen LogP contribution in [0.4, 0.5) is 5.82 Å². The number of carbonyl (C=O) groups excluding carboxylic acids is 2. The number of carbonyl (C=O) groups is 2. The second-order valence-electron chi connectivity index (χ2n) is 9.35. The largest absolute Gasteiger partial charge is 0.454 e. The van der Waals surface area contributed by atoms with E-state index in [1.165, 1.54) is 12.0 Å². The second kappa shape index (κ2) is 12.3. The zero-order valence-electron chi connectivity index (χ0n) is 21.7. The van der Waals surface area contributed by atoms with Crippen molar-refractivity contribution < 1.29 is 23.8 Å². The van der Waals surface area contributed by atoms with Gasteiger partial charge in [-0.25, -0.2) is 0 Å². The molecule has 0 unspecified atom stereocenters. The average molecular weight is 552 g/mol. The lowest BCUT2D eigenvalue weighted by molar-refractivity contribution is -0.143. The number of aromatic nitrogens is 2. The number of anilines is 1. The first kappa shape index (κ1) is 26.7. The van der Waals surface area contributed by atoms with E-state index in [2.05, 4.69) is 15.1 Å². The van der Waals surface area contributed by atoms with Crippen molar-refractivity contribution in [1.29, 1.82) is 0 Å². The predicted octanol–water partition coefficient (Wildman–Crippen LogP) is 3.24. The number of hydrogen-bond donors (Lipinski definition) is 0. The molecule has 11 heteroatoms. The monoisotopic (exact) mass is 551 g/mol. The van der Waals surface area contributed by atoms with Gasteiger partial charge in [0.15, 0.2) is 17.3 Å². The van der Waals surface area contributed by atoms with E-state index < -0.39 is 0 Å². The van der Waals surface area contributed by atoms with Crippen LogP contribution in [0.15, 0.2) is 54.6 Å². The van der Waals surface area contributed by atoms with Gasteiger partial charge in [-0.1, -0.05) is 35.9 Å². The first-order chi connectivity index (χ1) is 19.0. The van der Waals surface area contributed by atoms with E-state index in [1.54, 1.807) is 4.90 Å². The highest BCUT2D eigenvalue weighted by molar-refractivity contribution is 6.33. The van der Waals surface area contributed by atoms with Gasteiger partial charge in [0.05, 0.1) is 10.7 Å². The van der Waals surface area contributed by atoms with Crippen LogP contribution in [0.1, 0.15) is 12.0 Å². The maximum atomic E-state index is 13.3. The van der Waals surface area contributed by atoms with Gasteiger partial charge in [0.25, 0.3) is 0 Å². The fraction of sp³-hybridized carbons (Fsp3) is 0.357. The Balaban J connectivity index is 1.21. The molecule has 3 heterocycles. The molecule has 0 spiro atoms. The molecule has 1 saturated heterocycles. The van der Waals surface area contributed by atoms with E-state index in [9.17, 15) is 9.59 Å². The van der Waals surface area contributed by atoms with Gasteiger partial charge in [-0.2, -0.15) is 0 Å². The fourth-order valence-electron chi connectivity index (χ4n) is 4.67. The summed E-state index contributed by atoms with van der Waals surface area (Å²) in [5.41, 5.74) is 2.38. The zero-order valence-corrected chi connectivity index (χ0v) is 22.5. The Labute approximate surface area is 232 Å². The summed E-state index contributed by atoms with van der Waals surface area (Å²) in [5, 5.41) is 9.43.